The van der Waals surface area contributed by atoms with Gasteiger partial charge in [0.15, 0.2) is 0 Å². The number of aryl methyl sites for hydroxylation is 1. The molecule has 20 heavy (non-hydrogen) atoms. The van der Waals surface area contributed by atoms with Crippen molar-refractivity contribution in [3.05, 3.63) is 18.5 Å². The molecule has 2 aromatic heterocycles. The standard InChI is InChI=1S/C14H22N6/c1-5-15-13-8-12(11-9-16-19(4)10-11)17-14(18-13)20(6-2)7-3/h8-10H,5-7H2,1-4H3,(H,15,17,18). The van der Waals surface area contributed by atoms with Gasteiger partial charge in [0.2, 0.25) is 5.95 Å². The van der Waals surface area contributed by atoms with Crippen molar-refractivity contribution < 1.29 is 0 Å². The summed E-state index contributed by atoms with van der Waals surface area (Å²) >= 11 is 0. The van der Waals surface area contributed by atoms with Crippen LogP contribution in [-0.4, -0.2) is 39.4 Å². The zero-order valence-corrected chi connectivity index (χ0v) is 12.6. The fourth-order valence-electron chi connectivity index (χ4n) is 2.06. The van der Waals surface area contributed by atoms with E-state index in [9.17, 15) is 0 Å². The van der Waals surface area contributed by atoms with Gasteiger partial charge in [-0.2, -0.15) is 10.1 Å². The van der Waals surface area contributed by atoms with Crippen molar-refractivity contribution in [1.29, 1.82) is 0 Å². The highest BCUT2D eigenvalue weighted by Gasteiger charge is 2.11. The average Bonchev–Trinajstić information content (AvgIpc) is 2.87. The first-order valence-corrected chi connectivity index (χ1v) is 7.04. The lowest BCUT2D eigenvalue weighted by molar-refractivity contribution is 0.768. The zero-order valence-electron chi connectivity index (χ0n) is 12.6. The van der Waals surface area contributed by atoms with Gasteiger partial charge in [0.05, 0.1) is 11.9 Å². The quantitative estimate of drug-likeness (QED) is 0.874. The predicted molar refractivity (Wildman–Crippen MR) is 82.0 cm³/mol. The second-order valence-electron chi connectivity index (χ2n) is 4.54. The first-order valence-electron chi connectivity index (χ1n) is 7.04. The molecule has 0 saturated heterocycles. The Morgan fingerprint density at radius 3 is 2.50 bits per heavy atom. The monoisotopic (exact) mass is 274 g/mol. The van der Waals surface area contributed by atoms with E-state index in [1.807, 2.05) is 25.5 Å². The molecule has 2 aromatic rings. The molecular weight excluding hydrogens is 252 g/mol. The highest BCUT2D eigenvalue weighted by atomic mass is 15.3. The Labute approximate surface area is 119 Å². The summed E-state index contributed by atoms with van der Waals surface area (Å²) < 4.78 is 1.78. The third-order valence-electron chi connectivity index (χ3n) is 3.12. The molecule has 0 amide bonds. The molecule has 6 nitrogen and oxygen atoms in total. The normalized spacial score (nSPS) is 10.6. The van der Waals surface area contributed by atoms with Crippen molar-refractivity contribution in [2.24, 2.45) is 7.05 Å². The molecule has 0 radical (unpaired) electrons. The van der Waals surface area contributed by atoms with Gasteiger partial charge in [-0.05, 0) is 20.8 Å². The van der Waals surface area contributed by atoms with E-state index in [-0.39, 0.29) is 0 Å². The van der Waals surface area contributed by atoms with Gasteiger partial charge in [0, 0.05) is 44.5 Å². The maximum absolute atomic E-state index is 4.66. The van der Waals surface area contributed by atoms with Crippen LogP contribution in [0.5, 0.6) is 0 Å². The van der Waals surface area contributed by atoms with E-state index < -0.39 is 0 Å². The average molecular weight is 274 g/mol. The Kier molecular flexibility index (Phi) is 4.55. The Balaban J connectivity index is 2.45. The molecule has 108 valence electrons. The Morgan fingerprint density at radius 1 is 1.20 bits per heavy atom. The molecular formula is C14H22N6. The first kappa shape index (κ1) is 14.3. The zero-order chi connectivity index (χ0) is 14.5. The number of rotatable bonds is 6. The van der Waals surface area contributed by atoms with Gasteiger partial charge < -0.3 is 10.2 Å². The number of hydrogen-bond donors (Lipinski definition) is 1. The van der Waals surface area contributed by atoms with Gasteiger partial charge in [-0.15, -0.1) is 0 Å². The number of hydrogen-bond acceptors (Lipinski definition) is 5. The minimum atomic E-state index is 0.757. The van der Waals surface area contributed by atoms with E-state index in [2.05, 4.69) is 46.1 Å². The third-order valence-corrected chi connectivity index (χ3v) is 3.12. The lowest BCUT2D eigenvalue weighted by Crippen LogP contribution is -2.24. The van der Waals surface area contributed by atoms with Crippen LogP contribution >= 0.6 is 0 Å². The van der Waals surface area contributed by atoms with Gasteiger partial charge in [-0.25, -0.2) is 4.98 Å². The van der Waals surface area contributed by atoms with Crippen molar-refractivity contribution in [1.82, 2.24) is 19.7 Å². The van der Waals surface area contributed by atoms with Crippen LogP contribution in [0.3, 0.4) is 0 Å². The van der Waals surface area contributed by atoms with Crippen molar-refractivity contribution in [3.8, 4) is 11.3 Å². The molecule has 0 fully saturated rings. The number of nitrogens with zero attached hydrogens (tertiary/aromatic N) is 5. The number of anilines is 2. The van der Waals surface area contributed by atoms with E-state index in [4.69, 9.17) is 0 Å². The smallest absolute Gasteiger partial charge is 0.227 e. The SMILES string of the molecule is CCNc1cc(-c2cnn(C)c2)nc(N(CC)CC)n1. The van der Waals surface area contributed by atoms with Crippen molar-refractivity contribution in [2.45, 2.75) is 20.8 Å². The highest BCUT2D eigenvalue weighted by Crippen LogP contribution is 2.22. The van der Waals surface area contributed by atoms with Crippen LogP contribution in [0, 0.1) is 0 Å². The molecule has 0 aliphatic carbocycles. The van der Waals surface area contributed by atoms with Gasteiger partial charge in [0.1, 0.15) is 5.82 Å². The molecule has 2 rings (SSSR count). The Bertz CT molecular complexity index is 559. The molecule has 0 spiro atoms. The summed E-state index contributed by atoms with van der Waals surface area (Å²) in [4.78, 5) is 11.4. The molecule has 0 aliphatic rings. The topological polar surface area (TPSA) is 58.9 Å². The molecule has 0 bridgehead atoms. The highest BCUT2D eigenvalue weighted by molar-refractivity contribution is 5.63. The van der Waals surface area contributed by atoms with Gasteiger partial charge in [-0.3, -0.25) is 4.68 Å². The molecule has 1 N–H and O–H groups in total. The predicted octanol–water partition coefficient (Wildman–Crippen LogP) is 2.16. The Hall–Kier alpha value is -2.11. The summed E-state index contributed by atoms with van der Waals surface area (Å²) in [6.07, 6.45) is 3.79. The van der Waals surface area contributed by atoms with E-state index in [0.29, 0.717) is 0 Å². The van der Waals surface area contributed by atoms with Crippen molar-refractivity contribution in [2.75, 3.05) is 29.9 Å². The van der Waals surface area contributed by atoms with Crippen LogP contribution in [0.15, 0.2) is 18.5 Å². The molecule has 0 unspecified atom stereocenters. The summed E-state index contributed by atoms with van der Waals surface area (Å²) in [5.74, 6) is 1.61. The van der Waals surface area contributed by atoms with E-state index in [1.165, 1.54) is 0 Å². The molecule has 6 heteroatoms. The lowest BCUT2D eigenvalue weighted by atomic mass is 10.2. The molecule has 0 aliphatic heterocycles. The largest absolute Gasteiger partial charge is 0.370 e. The van der Waals surface area contributed by atoms with Crippen molar-refractivity contribution >= 4 is 11.8 Å². The number of nitrogens with one attached hydrogen (secondary N) is 1. The Morgan fingerprint density at radius 2 is 1.95 bits per heavy atom. The number of aromatic nitrogens is 4. The maximum atomic E-state index is 4.66. The summed E-state index contributed by atoms with van der Waals surface area (Å²) in [5.41, 5.74) is 1.90. The van der Waals surface area contributed by atoms with Crippen LogP contribution in [0.2, 0.25) is 0 Å². The van der Waals surface area contributed by atoms with Crippen LogP contribution in [0.1, 0.15) is 20.8 Å². The summed E-state index contributed by atoms with van der Waals surface area (Å²) in [6.45, 7) is 8.88. The molecule has 0 aromatic carbocycles. The fraction of sp³-hybridized carbons (Fsp3) is 0.500. The van der Waals surface area contributed by atoms with Gasteiger partial charge in [-0.1, -0.05) is 0 Å². The second-order valence-corrected chi connectivity index (χ2v) is 4.54. The van der Waals surface area contributed by atoms with E-state index in [0.717, 1.165) is 42.7 Å². The molecule has 0 atom stereocenters. The first-order chi connectivity index (χ1) is 9.67. The maximum Gasteiger partial charge on any atom is 0.227 e. The fourth-order valence-corrected chi connectivity index (χ4v) is 2.06. The third kappa shape index (κ3) is 3.07. The van der Waals surface area contributed by atoms with Crippen LogP contribution in [-0.2, 0) is 7.05 Å². The lowest BCUT2D eigenvalue weighted by Gasteiger charge is -2.20. The molecule has 2 heterocycles. The van der Waals surface area contributed by atoms with Crippen LogP contribution < -0.4 is 10.2 Å². The molecule has 0 saturated carbocycles. The minimum absolute atomic E-state index is 0.757. The summed E-state index contributed by atoms with van der Waals surface area (Å²) in [5, 5.41) is 7.47. The summed E-state index contributed by atoms with van der Waals surface area (Å²) in [7, 11) is 1.90. The van der Waals surface area contributed by atoms with Crippen LogP contribution in [0.25, 0.3) is 11.3 Å². The van der Waals surface area contributed by atoms with Crippen LogP contribution in [0.4, 0.5) is 11.8 Å². The van der Waals surface area contributed by atoms with Crippen molar-refractivity contribution in [3.63, 3.8) is 0 Å². The van der Waals surface area contributed by atoms with Gasteiger partial charge >= 0.3 is 0 Å². The summed E-state index contributed by atoms with van der Waals surface area (Å²) in [6, 6.07) is 1.97. The minimum Gasteiger partial charge on any atom is -0.370 e. The van der Waals surface area contributed by atoms with E-state index in [1.54, 1.807) is 4.68 Å². The van der Waals surface area contributed by atoms with E-state index >= 15 is 0 Å². The van der Waals surface area contributed by atoms with Gasteiger partial charge in [0.25, 0.3) is 0 Å². The second kappa shape index (κ2) is 6.36.